The number of nitriles is 1. The summed E-state index contributed by atoms with van der Waals surface area (Å²) in [4.78, 5) is 13.0. The second kappa shape index (κ2) is 5.03. The molecule has 96 valence electrons. The molecule has 0 saturated carbocycles. The number of rotatable bonds is 5. The Kier molecular flexibility index (Phi) is 4.12. The van der Waals surface area contributed by atoms with Crippen LogP contribution in [0.2, 0.25) is 0 Å². The molecule has 0 aromatic heterocycles. The number of carboxylic acids is 1. The third kappa shape index (κ3) is 3.69. The molecule has 0 aromatic carbocycles. The topological polar surface area (TPSA) is 90.4 Å². The number of carbonyl (C=O) groups is 1. The summed E-state index contributed by atoms with van der Waals surface area (Å²) < 4.78 is 0. The molecule has 1 saturated heterocycles. The first-order valence-corrected chi connectivity index (χ1v) is 5.95. The number of hydrogen-bond acceptors (Lipinski definition) is 4. The van der Waals surface area contributed by atoms with Crippen LogP contribution in [0.15, 0.2) is 0 Å². The van der Waals surface area contributed by atoms with Crippen molar-refractivity contribution in [3.63, 3.8) is 0 Å². The average molecular weight is 239 g/mol. The van der Waals surface area contributed by atoms with Crippen LogP contribution >= 0.6 is 0 Å². The highest BCUT2D eigenvalue weighted by Crippen LogP contribution is 2.23. The van der Waals surface area contributed by atoms with E-state index >= 15 is 0 Å². The van der Waals surface area contributed by atoms with Crippen molar-refractivity contribution < 1.29 is 9.90 Å². The Bertz CT molecular complexity index is 335. The third-order valence-corrected chi connectivity index (χ3v) is 3.38. The minimum atomic E-state index is -1.08. The fourth-order valence-electron chi connectivity index (χ4n) is 2.08. The molecule has 1 atom stereocenters. The van der Waals surface area contributed by atoms with E-state index in [-0.39, 0.29) is 5.41 Å². The van der Waals surface area contributed by atoms with Gasteiger partial charge in [-0.2, -0.15) is 5.26 Å². The summed E-state index contributed by atoms with van der Waals surface area (Å²) in [5.41, 5.74) is 4.40. The van der Waals surface area contributed by atoms with Crippen molar-refractivity contribution in [2.45, 2.75) is 38.6 Å². The van der Waals surface area contributed by atoms with Gasteiger partial charge in [-0.3, -0.25) is 4.79 Å². The molecular formula is C12H21N3O2. The summed E-state index contributed by atoms with van der Waals surface area (Å²) in [5.74, 6) is -0.919. The first-order valence-electron chi connectivity index (χ1n) is 5.95. The van der Waals surface area contributed by atoms with E-state index in [0.717, 1.165) is 25.9 Å². The van der Waals surface area contributed by atoms with Crippen LogP contribution in [0, 0.1) is 16.7 Å². The summed E-state index contributed by atoms with van der Waals surface area (Å²) in [6.07, 6.45) is 2.23. The van der Waals surface area contributed by atoms with Crippen LogP contribution < -0.4 is 5.73 Å². The Morgan fingerprint density at radius 2 is 2.29 bits per heavy atom. The predicted molar refractivity (Wildman–Crippen MR) is 64.2 cm³/mol. The Hall–Kier alpha value is -1.12. The first kappa shape index (κ1) is 13.9. The summed E-state index contributed by atoms with van der Waals surface area (Å²) in [6.45, 7) is 5.80. The second-order valence-corrected chi connectivity index (χ2v) is 5.59. The van der Waals surface area contributed by atoms with Gasteiger partial charge in [0.25, 0.3) is 0 Å². The molecule has 1 unspecified atom stereocenters. The van der Waals surface area contributed by atoms with Crippen molar-refractivity contribution in [1.29, 1.82) is 5.26 Å². The molecule has 3 N–H and O–H groups in total. The third-order valence-electron chi connectivity index (χ3n) is 3.38. The van der Waals surface area contributed by atoms with Gasteiger partial charge in [-0.15, -0.1) is 0 Å². The monoisotopic (exact) mass is 239 g/mol. The molecule has 1 aliphatic heterocycles. The Labute approximate surface area is 102 Å². The van der Waals surface area contributed by atoms with Crippen molar-refractivity contribution in [3.05, 3.63) is 0 Å². The molecule has 0 radical (unpaired) electrons. The van der Waals surface area contributed by atoms with E-state index < -0.39 is 11.5 Å². The zero-order valence-electron chi connectivity index (χ0n) is 10.6. The van der Waals surface area contributed by atoms with E-state index in [1.54, 1.807) is 0 Å². The lowest BCUT2D eigenvalue weighted by atomic mass is 9.90. The highest BCUT2D eigenvalue weighted by Gasteiger charge is 2.40. The largest absolute Gasteiger partial charge is 0.480 e. The molecule has 5 heteroatoms. The van der Waals surface area contributed by atoms with E-state index in [1.165, 1.54) is 0 Å². The molecule has 1 aliphatic rings. The predicted octanol–water partition coefficient (Wildman–Crippen LogP) is 0.804. The molecule has 1 fully saturated rings. The van der Waals surface area contributed by atoms with Gasteiger partial charge in [0.2, 0.25) is 0 Å². The molecule has 1 rings (SSSR count). The van der Waals surface area contributed by atoms with Gasteiger partial charge in [0.05, 0.1) is 11.5 Å². The van der Waals surface area contributed by atoms with Crippen LogP contribution in [0.5, 0.6) is 0 Å². The summed E-state index contributed by atoms with van der Waals surface area (Å²) >= 11 is 0. The van der Waals surface area contributed by atoms with Gasteiger partial charge >= 0.3 is 5.97 Å². The van der Waals surface area contributed by atoms with E-state index in [2.05, 4.69) is 11.0 Å². The molecule has 1 heterocycles. The van der Waals surface area contributed by atoms with Gasteiger partial charge in [-0.25, -0.2) is 0 Å². The quantitative estimate of drug-likeness (QED) is 0.740. The Morgan fingerprint density at radius 3 is 2.76 bits per heavy atom. The summed E-state index contributed by atoms with van der Waals surface area (Å²) in [5, 5.41) is 17.9. The van der Waals surface area contributed by atoms with Crippen molar-refractivity contribution in [2.75, 3.05) is 19.6 Å². The molecular weight excluding hydrogens is 218 g/mol. The Morgan fingerprint density at radius 1 is 1.65 bits per heavy atom. The minimum Gasteiger partial charge on any atom is -0.480 e. The van der Waals surface area contributed by atoms with Crippen molar-refractivity contribution in [3.8, 4) is 6.07 Å². The highest BCUT2D eigenvalue weighted by molar-refractivity contribution is 5.79. The fourth-order valence-corrected chi connectivity index (χ4v) is 2.08. The van der Waals surface area contributed by atoms with Crippen molar-refractivity contribution >= 4 is 5.97 Å². The van der Waals surface area contributed by atoms with E-state index in [9.17, 15) is 4.79 Å². The lowest BCUT2D eigenvalue weighted by Gasteiger charge is -2.21. The van der Waals surface area contributed by atoms with Crippen molar-refractivity contribution in [2.24, 2.45) is 11.1 Å². The van der Waals surface area contributed by atoms with Gasteiger partial charge < -0.3 is 15.7 Å². The summed E-state index contributed by atoms with van der Waals surface area (Å²) in [7, 11) is 0. The first-order chi connectivity index (χ1) is 7.79. The maximum Gasteiger partial charge on any atom is 0.325 e. The summed E-state index contributed by atoms with van der Waals surface area (Å²) in [6, 6.07) is 2.26. The zero-order chi connectivity index (χ0) is 13.1. The zero-order valence-corrected chi connectivity index (χ0v) is 10.6. The molecule has 0 spiro atoms. The number of nitrogens with two attached hydrogens (primary N) is 1. The smallest absolute Gasteiger partial charge is 0.325 e. The highest BCUT2D eigenvalue weighted by atomic mass is 16.4. The minimum absolute atomic E-state index is 0.299. The van der Waals surface area contributed by atoms with Gasteiger partial charge in [-0.1, -0.05) is 0 Å². The normalized spacial score (nSPS) is 25.8. The van der Waals surface area contributed by atoms with E-state index in [1.807, 2.05) is 13.8 Å². The standard InChI is InChI=1S/C12H21N3O2/c1-11(2,8-13)4-3-6-15-7-5-12(14,9-15)10(16)17/h3-7,9,14H2,1-2H3,(H,16,17). The molecule has 0 amide bonds. The van der Waals surface area contributed by atoms with Gasteiger partial charge in [-0.05, 0) is 39.7 Å². The molecule has 0 bridgehead atoms. The van der Waals surface area contributed by atoms with Crippen LogP contribution in [0.3, 0.4) is 0 Å². The number of likely N-dealkylation sites (tertiary alicyclic amines) is 1. The average Bonchev–Trinajstić information content (AvgIpc) is 2.62. The second-order valence-electron chi connectivity index (χ2n) is 5.59. The van der Waals surface area contributed by atoms with Crippen LogP contribution in [-0.2, 0) is 4.79 Å². The molecule has 5 nitrogen and oxygen atoms in total. The fraction of sp³-hybridized carbons (Fsp3) is 0.833. The maximum absolute atomic E-state index is 11.0. The van der Waals surface area contributed by atoms with Crippen LogP contribution in [0.1, 0.15) is 33.1 Å². The SMILES string of the molecule is CC(C)(C#N)CCCN1CCC(N)(C(=O)O)C1. The Balaban J connectivity index is 2.33. The number of nitrogens with zero attached hydrogens (tertiary/aromatic N) is 2. The number of carboxylic acid groups (broad SMARTS) is 1. The lowest BCUT2D eigenvalue weighted by molar-refractivity contribution is -0.142. The van der Waals surface area contributed by atoms with Crippen LogP contribution in [0.4, 0.5) is 0 Å². The van der Waals surface area contributed by atoms with Crippen molar-refractivity contribution in [1.82, 2.24) is 4.90 Å². The molecule has 17 heavy (non-hydrogen) atoms. The van der Waals surface area contributed by atoms with Crippen LogP contribution in [-0.4, -0.2) is 41.1 Å². The van der Waals surface area contributed by atoms with Gasteiger partial charge in [0.1, 0.15) is 5.54 Å². The molecule has 0 aliphatic carbocycles. The van der Waals surface area contributed by atoms with Gasteiger partial charge in [0, 0.05) is 13.1 Å². The van der Waals surface area contributed by atoms with Gasteiger partial charge in [0.15, 0.2) is 0 Å². The van der Waals surface area contributed by atoms with E-state index in [4.69, 9.17) is 16.1 Å². The van der Waals surface area contributed by atoms with E-state index in [0.29, 0.717) is 13.0 Å². The number of aliphatic carboxylic acids is 1. The lowest BCUT2D eigenvalue weighted by Crippen LogP contribution is -2.50. The maximum atomic E-state index is 11.0. The molecule has 0 aromatic rings. The van der Waals surface area contributed by atoms with Crippen LogP contribution in [0.25, 0.3) is 0 Å². The number of hydrogen-bond donors (Lipinski definition) is 2.